The lowest BCUT2D eigenvalue weighted by Gasteiger charge is -2.42. The Bertz CT molecular complexity index is 903. The molecule has 29 heavy (non-hydrogen) atoms. The Labute approximate surface area is 174 Å². The van der Waals surface area contributed by atoms with E-state index in [1.54, 1.807) is 42.7 Å². The van der Waals surface area contributed by atoms with Crippen LogP contribution in [0.2, 0.25) is 0 Å². The number of carbonyl (C=O) groups is 2. The fourth-order valence-electron chi connectivity index (χ4n) is 4.17. The molecule has 0 N–H and O–H groups in total. The second-order valence-corrected chi connectivity index (χ2v) is 8.78. The van der Waals surface area contributed by atoms with Gasteiger partial charge >= 0.3 is 6.03 Å². The minimum absolute atomic E-state index is 0.0858. The van der Waals surface area contributed by atoms with Crippen LogP contribution >= 0.6 is 11.3 Å². The fourth-order valence-corrected chi connectivity index (χ4v) is 4.77. The third-order valence-electron chi connectivity index (χ3n) is 5.52. The Morgan fingerprint density at radius 3 is 2.93 bits per heavy atom. The molecule has 0 unspecified atom stereocenters. The van der Waals surface area contributed by atoms with E-state index < -0.39 is 5.60 Å². The summed E-state index contributed by atoms with van der Waals surface area (Å²) in [5, 5.41) is 2.96. The van der Waals surface area contributed by atoms with Crippen molar-refractivity contribution in [3.05, 3.63) is 46.2 Å². The van der Waals surface area contributed by atoms with Crippen LogP contribution in [-0.2, 0) is 16.1 Å². The zero-order valence-electron chi connectivity index (χ0n) is 16.9. The maximum absolute atomic E-state index is 13.7. The van der Waals surface area contributed by atoms with Gasteiger partial charge in [-0.15, -0.1) is 11.3 Å². The predicted octanol–water partition coefficient (Wildman–Crippen LogP) is 1.73. The van der Waals surface area contributed by atoms with E-state index in [9.17, 15) is 9.59 Å². The van der Waals surface area contributed by atoms with E-state index in [1.165, 1.54) is 4.90 Å². The molecule has 154 valence electrons. The predicted molar refractivity (Wildman–Crippen MR) is 109 cm³/mol. The lowest BCUT2D eigenvalue weighted by atomic mass is 9.83. The average molecular weight is 416 g/mol. The summed E-state index contributed by atoms with van der Waals surface area (Å²) in [5.74, 6) is -0.357. The van der Waals surface area contributed by atoms with Gasteiger partial charge in [0.2, 0.25) is 0 Å². The number of urea groups is 1. The molecule has 0 bridgehead atoms. The Balaban J connectivity index is 1.67. The van der Waals surface area contributed by atoms with Crippen molar-refractivity contribution in [1.29, 1.82) is 0 Å². The zero-order valence-corrected chi connectivity index (χ0v) is 17.7. The molecule has 2 saturated heterocycles. The molecule has 3 amide bonds. The molecule has 8 nitrogen and oxygen atoms in total. The topological polar surface area (TPSA) is 78.9 Å². The molecule has 2 atom stereocenters. The van der Waals surface area contributed by atoms with Crippen molar-refractivity contribution in [2.45, 2.75) is 25.0 Å². The van der Waals surface area contributed by atoms with Crippen LogP contribution in [0.1, 0.15) is 22.2 Å². The third-order valence-corrected chi connectivity index (χ3v) is 6.34. The first-order valence-corrected chi connectivity index (χ1v) is 10.5. The number of thiazole rings is 1. The van der Waals surface area contributed by atoms with Crippen LogP contribution in [0.4, 0.5) is 4.79 Å². The van der Waals surface area contributed by atoms with Crippen molar-refractivity contribution in [2.24, 2.45) is 0 Å². The number of aromatic nitrogens is 2. The van der Waals surface area contributed by atoms with Gasteiger partial charge in [-0.1, -0.05) is 6.07 Å². The van der Waals surface area contributed by atoms with Crippen molar-refractivity contribution in [3.8, 4) is 0 Å². The normalized spacial score (nSPS) is 24.4. The van der Waals surface area contributed by atoms with Crippen molar-refractivity contribution in [3.63, 3.8) is 0 Å². The molecule has 0 radical (unpaired) electrons. The summed E-state index contributed by atoms with van der Waals surface area (Å²) in [6.07, 6.45) is 3.46. The highest BCUT2D eigenvalue weighted by Gasteiger charge is 2.58. The number of pyridine rings is 1. The van der Waals surface area contributed by atoms with Crippen LogP contribution in [0, 0.1) is 6.92 Å². The van der Waals surface area contributed by atoms with Gasteiger partial charge < -0.3 is 19.4 Å². The molecule has 2 aromatic rings. The molecule has 9 heteroatoms. The summed E-state index contributed by atoms with van der Waals surface area (Å²) in [5.41, 5.74) is 0.689. The SMILES string of the molecule is Cc1nc(CN2CCO[C@]3(CN(C(=O)N(C)C)C[C@@H]3c3cccnc3)C2=O)cs1. The summed E-state index contributed by atoms with van der Waals surface area (Å²) in [4.78, 5) is 40.1. The minimum atomic E-state index is -1.10. The molecule has 0 aromatic carbocycles. The molecular weight excluding hydrogens is 390 g/mol. The molecule has 4 rings (SSSR count). The number of hydrogen-bond donors (Lipinski definition) is 0. The number of aryl methyl sites for hydroxylation is 1. The quantitative estimate of drug-likeness (QED) is 0.763. The van der Waals surface area contributed by atoms with Gasteiger partial charge in [0.1, 0.15) is 0 Å². The van der Waals surface area contributed by atoms with Crippen LogP contribution in [0.3, 0.4) is 0 Å². The fraction of sp³-hybridized carbons (Fsp3) is 0.500. The van der Waals surface area contributed by atoms with Gasteiger partial charge in [-0.2, -0.15) is 0 Å². The number of hydrogen-bond acceptors (Lipinski definition) is 6. The second kappa shape index (κ2) is 7.72. The van der Waals surface area contributed by atoms with E-state index in [-0.39, 0.29) is 24.4 Å². The van der Waals surface area contributed by atoms with Crippen LogP contribution < -0.4 is 0 Å². The number of carbonyl (C=O) groups excluding carboxylic acids is 2. The number of amides is 3. The first kappa shape index (κ1) is 19.8. The molecule has 2 aliphatic heterocycles. The van der Waals surface area contributed by atoms with Gasteiger partial charge in [0.15, 0.2) is 5.60 Å². The molecule has 2 fully saturated rings. The highest BCUT2D eigenvalue weighted by atomic mass is 32.1. The van der Waals surface area contributed by atoms with Crippen LogP contribution in [0.5, 0.6) is 0 Å². The first-order chi connectivity index (χ1) is 13.9. The van der Waals surface area contributed by atoms with Gasteiger partial charge in [0.25, 0.3) is 5.91 Å². The van der Waals surface area contributed by atoms with Crippen LogP contribution in [0.15, 0.2) is 29.9 Å². The standard InChI is InChI=1S/C20H25N5O3S/c1-14-22-16(12-29-14)10-24-7-8-28-20(18(24)26)13-25(19(27)23(2)3)11-17(20)15-5-4-6-21-9-15/h4-6,9,12,17H,7-8,10-11,13H2,1-3H3/t17-,20+/m1/s1. The molecule has 2 aliphatic rings. The van der Waals surface area contributed by atoms with Gasteiger partial charge in [-0.25, -0.2) is 9.78 Å². The number of nitrogens with zero attached hydrogens (tertiary/aromatic N) is 5. The third kappa shape index (κ3) is 3.60. The van der Waals surface area contributed by atoms with E-state index in [2.05, 4.69) is 9.97 Å². The monoisotopic (exact) mass is 415 g/mol. The summed E-state index contributed by atoms with van der Waals surface area (Å²) < 4.78 is 6.19. The van der Waals surface area contributed by atoms with E-state index in [0.29, 0.717) is 26.2 Å². The van der Waals surface area contributed by atoms with Crippen LogP contribution in [-0.4, -0.2) is 82.5 Å². The number of ether oxygens (including phenoxy) is 1. The van der Waals surface area contributed by atoms with E-state index >= 15 is 0 Å². The Morgan fingerprint density at radius 1 is 1.45 bits per heavy atom. The molecule has 0 saturated carbocycles. The average Bonchev–Trinajstić information content (AvgIpc) is 3.30. The van der Waals surface area contributed by atoms with Gasteiger partial charge in [0, 0.05) is 50.9 Å². The van der Waals surface area contributed by atoms with E-state index in [4.69, 9.17) is 4.74 Å². The zero-order chi connectivity index (χ0) is 20.6. The number of likely N-dealkylation sites (tertiary alicyclic amines) is 1. The second-order valence-electron chi connectivity index (χ2n) is 7.72. The van der Waals surface area contributed by atoms with Crippen LogP contribution in [0.25, 0.3) is 0 Å². The van der Waals surface area contributed by atoms with Crippen molar-refractivity contribution < 1.29 is 14.3 Å². The molecule has 1 spiro atoms. The Morgan fingerprint density at radius 2 is 2.28 bits per heavy atom. The van der Waals surface area contributed by atoms with Crippen molar-refractivity contribution in [2.75, 3.05) is 40.3 Å². The summed E-state index contributed by atoms with van der Waals surface area (Å²) in [6, 6.07) is 3.67. The minimum Gasteiger partial charge on any atom is -0.361 e. The largest absolute Gasteiger partial charge is 0.361 e. The smallest absolute Gasteiger partial charge is 0.319 e. The van der Waals surface area contributed by atoms with Gasteiger partial charge in [0.05, 0.1) is 30.4 Å². The van der Waals surface area contributed by atoms with Gasteiger partial charge in [-0.3, -0.25) is 9.78 Å². The van der Waals surface area contributed by atoms with E-state index in [1.807, 2.05) is 29.3 Å². The lowest BCUT2D eigenvalue weighted by Crippen LogP contribution is -2.60. The van der Waals surface area contributed by atoms with E-state index in [0.717, 1.165) is 16.3 Å². The number of rotatable bonds is 3. The molecule has 2 aromatic heterocycles. The highest BCUT2D eigenvalue weighted by molar-refractivity contribution is 7.09. The van der Waals surface area contributed by atoms with Crippen molar-refractivity contribution in [1.82, 2.24) is 24.7 Å². The summed E-state index contributed by atoms with van der Waals surface area (Å²) >= 11 is 1.58. The van der Waals surface area contributed by atoms with Gasteiger partial charge in [-0.05, 0) is 18.6 Å². The first-order valence-electron chi connectivity index (χ1n) is 9.61. The van der Waals surface area contributed by atoms with Crippen molar-refractivity contribution >= 4 is 23.3 Å². The summed E-state index contributed by atoms with van der Waals surface area (Å²) in [6.45, 7) is 3.99. The lowest BCUT2D eigenvalue weighted by molar-refractivity contribution is -0.172. The Kier molecular flexibility index (Phi) is 5.26. The maximum Gasteiger partial charge on any atom is 0.319 e. The highest BCUT2D eigenvalue weighted by Crippen LogP contribution is 2.42. The maximum atomic E-state index is 13.7. The molecule has 0 aliphatic carbocycles. The number of morpholine rings is 1. The Hall–Kier alpha value is -2.52. The summed E-state index contributed by atoms with van der Waals surface area (Å²) in [7, 11) is 3.43. The molecular formula is C20H25N5O3S. The molecule has 4 heterocycles.